The number of carboxylic acids is 1. The number of alkyl halides is 2. The summed E-state index contributed by atoms with van der Waals surface area (Å²) in [5.41, 5.74) is 4.95. The van der Waals surface area contributed by atoms with Gasteiger partial charge < -0.3 is 19.6 Å². The van der Waals surface area contributed by atoms with Gasteiger partial charge in [-0.25, -0.2) is 4.98 Å². The number of aromatic nitrogens is 1. The molecule has 1 heterocycles. The van der Waals surface area contributed by atoms with Gasteiger partial charge in [0.1, 0.15) is 11.3 Å². The lowest BCUT2D eigenvalue weighted by molar-refractivity contribution is -0.136. The number of carbonyl (C=O) groups is 1. The van der Waals surface area contributed by atoms with E-state index in [4.69, 9.17) is 9.52 Å². The van der Waals surface area contributed by atoms with E-state index in [0.29, 0.717) is 22.6 Å². The Morgan fingerprint density at radius 1 is 1.12 bits per heavy atom. The van der Waals surface area contributed by atoms with Gasteiger partial charge in [0.2, 0.25) is 5.89 Å². The molecule has 1 aromatic heterocycles. The van der Waals surface area contributed by atoms with Crippen molar-refractivity contribution in [2.75, 3.05) is 6.54 Å². The minimum absolute atomic E-state index is 0.0228. The minimum atomic E-state index is -3.03. The highest BCUT2D eigenvalue weighted by molar-refractivity contribution is 5.82. The van der Waals surface area contributed by atoms with Crippen molar-refractivity contribution in [3.05, 3.63) is 71.8 Å². The largest absolute Gasteiger partial charge is 0.480 e. The highest BCUT2D eigenvalue weighted by atomic mass is 19.3. The summed E-state index contributed by atoms with van der Waals surface area (Å²) < 4.78 is 36.3. The van der Waals surface area contributed by atoms with Crippen LogP contribution >= 0.6 is 0 Å². The molecule has 3 aromatic carbocycles. The highest BCUT2D eigenvalue weighted by Crippen LogP contribution is 2.35. The first-order chi connectivity index (χ1) is 15.4. The minimum Gasteiger partial charge on any atom is -0.480 e. The summed E-state index contributed by atoms with van der Waals surface area (Å²) in [6.45, 7) is -1.35. The molecule has 0 saturated carbocycles. The van der Waals surface area contributed by atoms with Crippen molar-refractivity contribution in [2.45, 2.75) is 20.1 Å². The zero-order chi connectivity index (χ0) is 22.7. The molecule has 32 heavy (non-hydrogen) atoms. The fourth-order valence-electron chi connectivity index (χ4n) is 3.56. The molecule has 0 aliphatic carbocycles. The molecule has 0 spiro atoms. The topological polar surface area (TPSA) is 84.6 Å². The van der Waals surface area contributed by atoms with Crippen LogP contribution in [0, 0.1) is 6.92 Å². The lowest BCUT2D eigenvalue weighted by Crippen LogP contribution is -2.22. The van der Waals surface area contributed by atoms with Crippen LogP contribution in [0.1, 0.15) is 11.1 Å². The molecule has 0 bridgehead atoms. The molecule has 0 amide bonds. The number of benzene rings is 3. The van der Waals surface area contributed by atoms with Crippen molar-refractivity contribution in [3.8, 4) is 28.3 Å². The molecule has 164 valence electrons. The molecule has 2 N–H and O–H groups in total. The summed E-state index contributed by atoms with van der Waals surface area (Å²) >= 11 is 0. The number of halogens is 2. The van der Waals surface area contributed by atoms with Gasteiger partial charge in [0.15, 0.2) is 5.58 Å². The van der Waals surface area contributed by atoms with Gasteiger partial charge in [-0.1, -0.05) is 42.5 Å². The Bertz CT molecular complexity index is 1260. The maximum absolute atomic E-state index is 12.9. The number of oxazole rings is 1. The second-order valence-corrected chi connectivity index (χ2v) is 7.17. The number of ether oxygens (including phenoxy) is 1. The number of rotatable bonds is 8. The Hall–Kier alpha value is -3.78. The van der Waals surface area contributed by atoms with Crippen molar-refractivity contribution in [1.82, 2.24) is 10.3 Å². The van der Waals surface area contributed by atoms with Crippen molar-refractivity contribution < 1.29 is 27.8 Å². The zero-order valence-corrected chi connectivity index (χ0v) is 17.1. The van der Waals surface area contributed by atoms with E-state index < -0.39 is 12.6 Å². The van der Waals surface area contributed by atoms with E-state index in [-0.39, 0.29) is 18.8 Å². The molecular formula is C24H20F2N2O4. The molecule has 0 aliphatic heterocycles. The van der Waals surface area contributed by atoms with E-state index in [0.717, 1.165) is 22.3 Å². The monoisotopic (exact) mass is 438 g/mol. The SMILES string of the molecule is Cc1c(-c2ccccc2)cccc1-c1nc2cc(CNCC(=O)O)c(OC(F)F)cc2o1. The van der Waals surface area contributed by atoms with Gasteiger partial charge in [-0.05, 0) is 35.7 Å². The summed E-state index contributed by atoms with van der Waals surface area (Å²) in [7, 11) is 0. The average molecular weight is 438 g/mol. The summed E-state index contributed by atoms with van der Waals surface area (Å²) in [5, 5.41) is 11.5. The Kier molecular flexibility index (Phi) is 6.13. The lowest BCUT2D eigenvalue weighted by atomic mass is 9.96. The van der Waals surface area contributed by atoms with Gasteiger partial charge in [-0.3, -0.25) is 4.79 Å². The second kappa shape index (κ2) is 9.15. The number of aliphatic carboxylic acids is 1. The molecule has 0 aliphatic rings. The predicted molar refractivity (Wildman–Crippen MR) is 116 cm³/mol. The van der Waals surface area contributed by atoms with Gasteiger partial charge in [0.05, 0.1) is 6.54 Å². The zero-order valence-electron chi connectivity index (χ0n) is 17.1. The van der Waals surface area contributed by atoms with E-state index in [1.54, 1.807) is 6.07 Å². The van der Waals surface area contributed by atoms with Gasteiger partial charge in [-0.15, -0.1) is 0 Å². The molecule has 0 unspecified atom stereocenters. The van der Waals surface area contributed by atoms with Crippen molar-refractivity contribution in [2.24, 2.45) is 0 Å². The van der Waals surface area contributed by atoms with Crippen molar-refractivity contribution in [3.63, 3.8) is 0 Å². The molecule has 0 radical (unpaired) electrons. The third kappa shape index (κ3) is 4.60. The number of hydrogen-bond donors (Lipinski definition) is 2. The van der Waals surface area contributed by atoms with Gasteiger partial charge in [0, 0.05) is 23.7 Å². The molecular weight excluding hydrogens is 418 g/mol. The van der Waals surface area contributed by atoms with Crippen LogP contribution in [0.15, 0.2) is 65.1 Å². The Balaban J connectivity index is 1.74. The summed E-state index contributed by atoms with van der Waals surface area (Å²) in [4.78, 5) is 15.3. The maximum Gasteiger partial charge on any atom is 0.387 e. The fourth-order valence-corrected chi connectivity index (χ4v) is 3.56. The molecule has 4 aromatic rings. The van der Waals surface area contributed by atoms with Crippen LogP contribution in [-0.2, 0) is 11.3 Å². The van der Waals surface area contributed by atoms with Crippen LogP contribution < -0.4 is 10.1 Å². The summed E-state index contributed by atoms with van der Waals surface area (Å²) in [5.74, 6) is -0.795. The van der Waals surface area contributed by atoms with Gasteiger partial charge in [0.25, 0.3) is 0 Å². The Labute approximate surface area is 182 Å². The van der Waals surface area contributed by atoms with Crippen LogP contribution in [0.2, 0.25) is 0 Å². The number of nitrogens with zero attached hydrogens (tertiary/aromatic N) is 1. The smallest absolute Gasteiger partial charge is 0.387 e. The van der Waals surface area contributed by atoms with Crippen LogP contribution in [-0.4, -0.2) is 29.2 Å². The van der Waals surface area contributed by atoms with E-state index in [2.05, 4.69) is 15.0 Å². The number of hydrogen-bond acceptors (Lipinski definition) is 5. The standard InChI is InChI=1S/C24H20F2N2O4/c1-14-17(15-6-3-2-4-7-15)8-5-9-18(14)23-28-19-10-16(12-27-13-22(29)30)20(32-24(25)26)11-21(19)31-23/h2-11,24,27H,12-13H2,1H3,(H,29,30). The summed E-state index contributed by atoms with van der Waals surface area (Å²) in [6, 6.07) is 18.6. The van der Waals surface area contributed by atoms with Crippen LogP contribution in [0.25, 0.3) is 33.7 Å². The Morgan fingerprint density at radius 3 is 2.59 bits per heavy atom. The van der Waals surface area contributed by atoms with Crippen molar-refractivity contribution >= 4 is 17.1 Å². The first kappa shape index (κ1) is 21.5. The molecule has 0 fully saturated rings. The van der Waals surface area contributed by atoms with Gasteiger partial charge >= 0.3 is 12.6 Å². The quantitative estimate of drug-likeness (QED) is 0.391. The average Bonchev–Trinajstić information content (AvgIpc) is 3.16. The van der Waals surface area contributed by atoms with E-state index in [1.165, 1.54) is 6.07 Å². The molecule has 0 saturated heterocycles. The van der Waals surface area contributed by atoms with Gasteiger partial charge in [-0.2, -0.15) is 8.78 Å². The first-order valence-corrected chi connectivity index (χ1v) is 9.88. The highest BCUT2D eigenvalue weighted by Gasteiger charge is 2.18. The van der Waals surface area contributed by atoms with Crippen molar-refractivity contribution in [1.29, 1.82) is 0 Å². The fraction of sp³-hybridized carbons (Fsp3) is 0.167. The van der Waals surface area contributed by atoms with E-state index in [1.807, 2.05) is 55.5 Å². The second-order valence-electron chi connectivity index (χ2n) is 7.17. The molecule has 0 atom stereocenters. The van der Waals surface area contributed by atoms with E-state index >= 15 is 0 Å². The number of fused-ring (bicyclic) bond motifs is 1. The third-order valence-electron chi connectivity index (χ3n) is 5.03. The Morgan fingerprint density at radius 2 is 1.88 bits per heavy atom. The lowest BCUT2D eigenvalue weighted by Gasteiger charge is -2.10. The molecule has 8 heteroatoms. The normalized spacial score (nSPS) is 11.2. The predicted octanol–water partition coefficient (Wildman–Crippen LogP) is 5.25. The molecule has 4 rings (SSSR count). The van der Waals surface area contributed by atoms with Crippen LogP contribution in [0.3, 0.4) is 0 Å². The van der Waals surface area contributed by atoms with Crippen LogP contribution in [0.4, 0.5) is 8.78 Å². The van der Waals surface area contributed by atoms with E-state index in [9.17, 15) is 13.6 Å². The number of nitrogens with one attached hydrogen (secondary N) is 1. The first-order valence-electron chi connectivity index (χ1n) is 9.88. The third-order valence-corrected chi connectivity index (χ3v) is 5.03. The van der Waals surface area contributed by atoms with Crippen LogP contribution in [0.5, 0.6) is 5.75 Å². The maximum atomic E-state index is 12.9. The number of carboxylic acid groups (broad SMARTS) is 1. The summed E-state index contributed by atoms with van der Waals surface area (Å²) in [6.07, 6.45) is 0. The molecule has 6 nitrogen and oxygen atoms in total.